The standard InChI is InChI=1S/C23H28N2O2/c1-26-22-13-19-10-11-25(15-20(19)14-23(22)27-2)16-24-21-9-8-17-6-4-3-5-7-18(17)12-21/h8-9,12-14,16H,3-7,10-11,15H2,1-2H3. The molecule has 0 saturated carbocycles. The first-order chi connectivity index (χ1) is 13.3. The van der Waals surface area contributed by atoms with Gasteiger partial charge in [-0.25, -0.2) is 4.99 Å². The highest BCUT2D eigenvalue weighted by atomic mass is 16.5. The fourth-order valence-electron chi connectivity index (χ4n) is 4.13. The third-order valence-corrected chi connectivity index (χ3v) is 5.70. The molecule has 4 rings (SSSR count). The molecule has 0 N–H and O–H groups in total. The van der Waals surface area contributed by atoms with Gasteiger partial charge >= 0.3 is 0 Å². The van der Waals surface area contributed by atoms with Crippen molar-refractivity contribution in [3.05, 3.63) is 52.6 Å². The number of methoxy groups -OCH3 is 2. The van der Waals surface area contributed by atoms with Crippen molar-refractivity contribution in [1.29, 1.82) is 0 Å². The van der Waals surface area contributed by atoms with Crippen molar-refractivity contribution in [1.82, 2.24) is 4.90 Å². The largest absolute Gasteiger partial charge is 0.493 e. The van der Waals surface area contributed by atoms with E-state index in [1.807, 2.05) is 6.34 Å². The molecule has 27 heavy (non-hydrogen) atoms. The third-order valence-electron chi connectivity index (χ3n) is 5.70. The molecule has 4 nitrogen and oxygen atoms in total. The Labute approximate surface area is 161 Å². The van der Waals surface area contributed by atoms with Crippen LogP contribution in [0.2, 0.25) is 0 Å². The monoisotopic (exact) mass is 364 g/mol. The van der Waals surface area contributed by atoms with Gasteiger partial charge in [-0.1, -0.05) is 12.5 Å². The highest BCUT2D eigenvalue weighted by Gasteiger charge is 2.18. The summed E-state index contributed by atoms with van der Waals surface area (Å²) >= 11 is 0. The summed E-state index contributed by atoms with van der Waals surface area (Å²) in [6.45, 7) is 1.82. The molecule has 1 aliphatic carbocycles. The fourth-order valence-corrected chi connectivity index (χ4v) is 4.13. The number of rotatable bonds is 4. The molecule has 0 radical (unpaired) electrons. The van der Waals surface area contributed by atoms with E-state index in [1.165, 1.54) is 54.4 Å². The van der Waals surface area contributed by atoms with Crippen molar-refractivity contribution in [2.24, 2.45) is 4.99 Å². The molecule has 2 aromatic rings. The van der Waals surface area contributed by atoms with Crippen molar-refractivity contribution in [3.63, 3.8) is 0 Å². The van der Waals surface area contributed by atoms with Crippen LogP contribution in [0.15, 0.2) is 35.3 Å². The van der Waals surface area contributed by atoms with Gasteiger partial charge in [0.2, 0.25) is 0 Å². The third kappa shape index (κ3) is 3.95. The molecule has 1 aliphatic heterocycles. The average molecular weight is 364 g/mol. The molecule has 0 fully saturated rings. The number of benzene rings is 2. The second kappa shape index (κ2) is 8.03. The zero-order valence-electron chi connectivity index (χ0n) is 16.3. The van der Waals surface area contributed by atoms with Gasteiger partial charge in [-0.2, -0.15) is 0 Å². The summed E-state index contributed by atoms with van der Waals surface area (Å²) in [6, 6.07) is 10.9. The maximum atomic E-state index is 5.45. The number of aliphatic imine (C=N–C) groups is 1. The minimum atomic E-state index is 0.792. The summed E-state index contributed by atoms with van der Waals surface area (Å²) in [5.74, 6) is 1.60. The number of aryl methyl sites for hydroxylation is 2. The molecular weight excluding hydrogens is 336 g/mol. The summed E-state index contributed by atoms with van der Waals surface area (Å²) < 4.78 is 10.9. The minimum absolute atomic E-state index is 0.792. The molecule has 0 bridgehead atoms. The van der Waals surface area contributed by atoms with E-state index in [0.717, 1.165) is 36.7 Å². The summed E-state index contributed by atoms with van der Waals surface area (Å²) in [6.07, 6.45) is 9.36. The van der Waals surface area contributed by atoms with Crippen LogP contribution >= 0.6 is 0 Å². The summed E-state index contributed by atoms with van der Waals surface area (Å²) in [7, 11) is 3.37. The van der Waals surface area contributed by atoms with Crippen molar-refractivity contribution in [2.45, 2.75) is 45.1 Å². The Morgan fingerprint density at radius 2 is 1.52 bits per heavy atom. The average Bonchev–Trinajstić information content (AvgIpc) is 2.96. The molecule has 0 spiro atoms. The van der Waals surface area contributed by atoms with E-state index in [2.05, 4.69) is 35.2 Å². The van der Waals surface area contributed by atoms with Gasteiger partial charge in [0.25, 0.3) is 0 Å². The van der Waals surface area contributed by atoms with Crippen LogP contribution in [0.5, 0.6) is 11.5 Å². The number of nitrogens with zero attached hydrogens (tertiary/aromatic N) is 2. The Bertz CT molecular complexity index is 845. The van der Waals surface area contributed by atoms with Crippen molar-refractivity contribution in [2.75, 3.05) is 20.8 Å². The lowest BCUT2D eigenvalue weighted by molar-refractivity contribution is 0.349. The van der Waals surface area contributed by atoms with Gasteiger partial charge in [0.1, 0.15) is 0 Å². The SMILES string of the molecule is COc1cc2c(cc1OC)CN(C=Nc1ccc3c(c1)CCCCC3)CC2. The Hall–Kier alpha value is -2.49. The number of hydrogen-bond donors (Lipinski definition) is 0. The normalized spacial score (nSPS) is 16.6. The van der Waals surface area contributed by atoms with E-state index in [4.69, 9.17) is 14.5 Å². The fraction of sp³-hybridized carbons (Fsp3) is 0.435. The van der Waals surface area contributed by atoms with Crippen LogP contribution in [-0.2, 0) is 25.8 Å². The Morgan fingerprint density at radius 1 is 0.815 bits per heavy atom. The van der Waals surface area contributed by atoms with Crippen LogP contribution in [0.3, 0.4) is 0 Å². The minimum Gasteiger partial charge on any atom is -0.493 e. The highest BCUT2D eigenvalue weighted by Crippen LogP contribution is 2.33. The molecule has 0 amide bonds. The van der Waals surface area contributed by atoms with E-state index in [1.54, 1.807) is 14.2 Å². The summed E-state index contributed by atoms with van der Waals surface area (Å²) in [5, 5.41) is 0. The molecule has 142 valence electrons. The van der Waals surface area contributed by atoms with E-state index >= 15 is 0 Å². The summed E-state index contributed by atoms with van der Waals surface area (Å²) in [4.78, 5) is 7.04. The van der Waals surface area contributed by atoms with E-state index in [9.17, 15) is 0 Å². The predicted molar refractivity (Wildman–Crippen MR) is 110 cm³/mol. The van der Waals surface area contributed by atoms with Gasteiger partial charge in [0.15, 0.2) is 11.5 Å². The van der Waals surface area contributed by atoms with E-state index < -0.39 is 0 Å². The quantitative estimate of drug-likeness (QED) is 0.448. The summed E-state index contributed by atoms with van der Waals surface area (Å²) in [5.41, 5.74) is 6.69. The zero-order chi connectivity index (χ0) is 18.6. The lowest BCUT2D eigenvalue weighted by atomic mass is 9.99. The first kappa shape index (κ1) is 17.9. The second-order valence-corrected chi connectivity index (χ2v) is 7.45. The van der Waals surface area contributed by atoms with Crippen LogP contribution in [-0.4, -0.2) is 32.0 Å². The predicted octanol–water partition coefficient (Wildman–Crippen LogP) is 4.69. The van der Waals surface area contributed by atoms with Crippen LogP contribution in [0, 0.1) is 0 Å². The lowest BCUT2D eigenvalue weighted by Crippen LogP contribution is -2.29. The zero-order valence-corrected chi connectivity index (χ0v) is 16.3. The lowest BCUT2D eigenvalue weighted by Gasteiger charge is -2.27. The van der Waals surface area contributed by atoms with Gasteiger partial charge in [-0.15, -0.1) is 0 Å². The molecule has 0 aromatic heterocycles. The first-order valence-electron chi connectivity index (χ1n) is 9.90. The van der Waals surface area contributed by atoms with Crippen LogP contribution in [0.4, 0.5) is 5.69 Å². The van der Waals surface area contributed by atoms with Gasteiger partial charge in [0.05, 0.1) is 26.2 Å². The Balaban J connectivity index is 1.49. The highest BCUT2D eigenvalue weighted by molar-refractivity contribution is 5.63. The van der Waals surface area contributed by atoms with Crippen molar-refractivity contribution < 1.29 is 9.47 Å². The maximum absolute atomic E-state index is 5.45. The van der Waals surface area contributed by atoms with Crippen LogP contribution in [0.1, 0.15) is 41.5 Å². The topological polar surface area (TPSA) is 34.1 Å². The number of fused-ring (bicyclic) bond motifs is 2. The number of hydrogen-bond acceptors (Lipinski definition) is 3. The van der Waals surface area contributed by atoms with E-state index in [-0.39, 0.29) is 0 Å². The van der Waals surface area contributed by atoms with Gasteiger partial charge < -0.3 is 14.4 Å². The van der Waals surface area contributed by atoms with E-state index in [0.29, 0.717) is 0 Å². The molecule has 2 aliphatic rings. The van der Waals surface area contributed by atoms with Crippen molar-refractivity contribution >= 4 is 12.0 Å². The van der Waals surface area contributed by atoms with Crippen LogP contribution in [0.25, 0.3) is 0 Å². The molecule has 2 aromatic carbocycles. The number of ether oxygens (including phenoxy) is 2. The van der Waals surface area contributed by atoms with Gasteiger partial charge in [-0.05, 0) is 78.6 Å². The molecule has 0 atom stereocenters. The van der Waals surface area contributed by atoms with Gasteiger partial charge in [0, 0.05) is 13.1 Å². The maximum Gasteiger partial charge on any atom is 0.161 e. The van der Waals surface area contributed by atoms with Crippen LogP contribution < -0.4 is 9.47 Å². The smallest absolute Gasteiger partial charge is 0.161 e. The molecular formula is C23H28N2O2. The Morgan fingerprint density at radius 3 is 2.30 bits per heavy atom. The second-order valence-electron chi connectivity index (χ2n) is 7.45. The Kier molecular flexibility index (Phi) is 5.33. The van der Waals surface area contributed by atoms with Crippen molar-refractivity contribution in [3.8, 4) is 11.5 Å². The molecule has 1 heterocycles. The molecule has 0 unspecified atom stereocenters. The first-order valence-corrected chi connectivity index (χ1v) is 9.90. The van der Waals surface area contributed by atoms with Gasteiger partial charge in [-0.3, -0.25) is 0 Å². The molecule has 4 heteroatoms. The molecule has 0 saturated heterocycles.